The molecule has 0 amide bonds. The van der Waals surface area contributed by atoms with E-state index >= 15 is 0 Å². The van der Waals surface area contributed by atoms with Gasteiger partial charge in [0.25, 0.3) is 0 Å². The van der Waals surface area contributed by atoms with E-state index in [9.17, 15) is 0 Å². The summed E-state index contributed by atoms with van der Waals surface area (Å²) in [7, 11) is 3.20. The monoisotopic (exact) mass is 319 g/mol. The molecule has 0 atom stereocenters. The van der Waals surface area contributed by atoms with E-state index in [1.54, 1.807) is 21.1 Å². The van der Waals surface area contributed by atoms with Crippen molar-refractivity contribution in [2.75, 3.05) is 26.1 Å². The van der Waals surface area contributed by atoms with Crippen LogP contribution in [0.3, 0.4) is 0 Å². The van der Waals surface area contributed by atoms with Crippen molar-refractivity contribution in [1.82, 2.24) is 15.5 Å². The molecule has 0 aliphatic heterocycles. The Kier molecular flexibility index (Phi) is 5.79. The summed E-state index contributed by atoms with van der Waals surface area (Å²) in [4.78, 5) is 8.54. The minimum Gasteiger partial charge on any atom is -0.493 e. The van der Waals surface area contributed by atoms with Crippen molar-refractivity contribution in [2.24, 2.45) is 4.99 Å². The van der Waals surface area contributed by atoms with E-state index in [0.717, 1.165) is 12.2 Å². The van der Waals surface area contributed by atoms with E-state index in [0.29, 0.717) is 35.7 Å². The van der Waals surface area contributed by atoms with Crippen molar-refractivity contribution >= 4 is 11.6 Å². The van der Waals surface area contributed by atoms with Gasteiger partial charge in [0.15, 0.2) is 23.3 Å². The first-order chi connectivity index (χ1) is 11.2. The second kappa shape index (κ2) is 8.02. The first-order valence-corrected chi connectivity index (χ1v) is 7.22. The molecular weight excluding hydrogens is 298 g/mol. The quantitative estimate of drug-likeness (QED) is 0.621. The van der Waals surface area contributed by atoms with Crippen LogP contribution >= 0.6 is 0 Å². The summed E-state index contributed by atoms with van der Waals surface area (Å²) in [6, 6.07) is 5.54. The number of ether oxygens (including phenoxy) is 2. The lowest BCUT2D eigenvalue weighted by molar-refractivity contribution is 0.355. The van der Waals surface area contributed by atoms with Gasteiger partial charge in [-0.25, -0.2) is 4.99 Å². The predicted molar refractivity (Wildman–Crippen MR) is 87.0 cm³/mol. The molecule has 0 radical (unpaired) electrons. The maximum absolute atomic E-state index is 5.29. The number of aryl methyl sites for hydroxylation is 1. The SMILES string of the molecule is CCNC(=NCc1nc(C)no1)Nc1ccc(OC)c(OC)c1. The Morgan fingerprint density at radius 3 is 2.65 bits per heavy atom. The zero-order valence-electron chi connectivity index (χ0n) is 13.7. The molecule has 1 aromatic heterocycles. The third kappa shape index (κ3) is 4.60. The Morgan fingerprint density at radius 1 is 1.26 bits per heavy atom. The molecule has 0 bridgehead atoms. The summed E-state index contributed by atoms with van der Waals surface area (Å²) in [5.74, 6) is 2.97. The van der Waals surface area contributed by atoms with Crippen molar-refractivity contribution in [3.05, 3.63) is 29.9 Å². The number of anilines is 1. The Labute approximate surface area is 134 Å². The summed E-state index contributed by atoms with van der Waals surface area (Å²) in [5.41, 5.74) is 0.823. The summed E-state index contributed by atoms with van der Waals surface area (Å²) in [6.07, 6.45) is 0. The molecule has 0 saturated carbocycles. The number of nitrogens with one attached hydrogen (secondary N) is 2. The largest absolute Gasteiger partial charge is 0.493 e. The molecule has 1 heterocycles. The Hall–Kier alpha value is -2.77. The van der Waals surface area contributed by atoms with Gasteiger partial charge in [0.2, 0.25) is 5.89 Å². The van der Waals surface area contributed by atoms with E-state index in [1.165, 1.54) is 0 Å². The lowest BCUT2D eigenvalue weighted by Crippen LogP contribution is -2.30. The highest BCUT2D eigenvalue weighted by Crippen LogP contribution is 2.29. The van der Waals surface area contributed by atoms with Crippen LogP contribution in [0.4, 0.5) is 5.69 Å². The molecule has 2 N–H and O–H groups in total. The summed E-state index contributed by atoms with van der Waals surface area (Å²) >= 11 is 0. The van der Waals surface area contributed by atoms with E-state index in [2.05, 4.69) is 25.8 Å². The number of aliphatic imine (C=N–C) groups is 1. The van der Waals surface area contributed by atoms with E-state index in [4.69, 9.17) is 14.0 Å². The average molecular weight is 319 g/mol. The van der Waals surface area contributed by atoms with Gasteiger partial charge in [-0.3, -0.25) is 0 Å². The van der Waals surface area contributed by atoms with Crippen molar-refractivity contribution in [1.29, 1.82) is 0 Å². The normalized spacial score (nSPS) is 11.2. The van der Waals surface area contributed by atoms with E-state index < -0.39 is 0 Å². The van der Waals surface area contributed by atoms with Crippen molar-refractivity contribution in [2.45, 2.75) is 20.4 Å². The van der Waals surface area contributed by atoms with Crippen LogP contribution in [-0.4, -0.2) is 36.9 Å². The number of methoxy groups -OCH3 is 2. The van der Waals surface area contributed by atoms with Crippen LogP contribution in [0.2, 0.25) is 0 Å². The van der Waals surface area contributed by atoms with Crippen molar-refractivity contribution in [3.8, 4) is 11.5 Å². The number of nitrogens with zero attached hydrogens (tertiary/aromatic N) is 3. The summed E-state index contributed by atoms with van der Waals surface area (Å²) in [6.45, 7) is 4.78. The van der Waals surface area contributed by atoms with E-state index in [-0.39, 0.29) is 0 Å². The fourth-order valence-corrected chi connectivity index (χ4v) is 1.91. The summed E-state index contributed by atoms with van der Waals surface area (Å²) < 4.78 is 15.6. The van der Waals surface area contributed by atoms with Gasteiger partial charge in [-0.15, -0.1) is 0 Å². The molecular formula is C15H21N5O3. The van der Waals surface area contributed by atoms with Crippen molar-refractivity contribution < 1.29 is 14.0 Å². The third-order valence-corrected chi connectivity index (χ3v) is 2.93. The number of hydrogen-bond acceptors (Lipinski definition) is 6. The highest BCUT2D eigenvalue weighted by atomic mass is 16.5. The van der Waals surface area contributed by atoms with Gasteiger partial charge in [0.1, 0.15) is 6.54 Å². The first-order valence-electron chi connectivity index (χ1n) is 7.22. The molecule has 2 aromatic rings. The maximum atomic E-state index is 5.29. The molecule has 0 fully saturated rings. The van der Waals surface area contributed by atoms with Gasteiger partial charge in [0.05, 0.1) is 14.2 Å². The average Bonchev–Trinajstić information content (AvgIpc) is 2.98. The molecule has 0 spiro atoms. The van der Waals surface area contributed by atoms with Crippen LogP contribution in [0, 0.1) is 6.92 Å². The number of rotatable bonds is 6. The van der Waals surface area contributed by atoms with Crippen LogP contribution < -0.4 is 20.1 Å². The zero-order chi connectivity index (χ0) is 16.7. The fourth-order valence-electron chi connectivity index (χ4n) is 1.91. The zero-order valence-corrected chi connectivity index (χ0v) is 13.7. The number of hydrogen-bond donors (Lipinski definition) is 2. The molecule has 23 heavy (non-hydrogen) atoms. The van der Waals surface area contributed by atoms with Crippen LogP contribution in [-0.2, 0) is 6.54 Å². The van der Waals surface area contributed by atoms with Gasteiger partial charge in [-0.05, 0) is 26.0 Å². The molecule has 2 rings (SSSR count). The third-order valence-electron chi connectivity index (χ3n) is 2.93. The van der Waals surface area contributed by atoms with Gasteiger partial charge in [-0.2, -0.15) is 4.98 Å². The highest BCUT2D eigenvalue weighted by molar-refractivity contribution is 5.93. The minimum absolute atomic E-state index is 0.295. The Bertz CT molecular complexity index is 669. The topological polar surface area (TPSA) is 93.8 Å². The predicted octanol–water partition coefficient (Wildman–Crippen LogP) is 1.97. The molecule has 0 saturated heterocycles. The molecule has 124 valence electrons. The van der Waals surface area contributed by atoms with Crippen LogP contribution in [0.5, 0.6) is 11.5 Å². The van der Waals surface area contributed by atoms with Gasteiger partial charge >= 0.3 is 0 Å². The van der Waals surface area contributed by atoms with Gasteiger partial charge in [-0.1, -0.05) is 5.16 Å². The molecule has 0 unspecified atom stereocenters. The molecule has 0 aliphatic carbocycles. The number of aromatic nitrogens is 2. The Morgan fingerprint density at radius 2 is 2.04 bits per heavy atom. The van der Waals surface area contributed by atoms with Crippen LogP contribution in [0.15, 0.2) is 27.7 Å². The molecule has 1 aromatic carbocycles. The second-order valence-corrected chi connectivity index (χ2v) is 4.63. The van der Waals surface area contributed by atoms with Gasteiger partial charge < -0.3 is 24.6 Å². The molecule has 8 nitrogen and oxygen atoms in total. The van der Waals surface area contributed by atoms with Crippen LogP contribution in [0.25, 0.3) is 0 Å². The smallest absolute Gasteiger partial charge is 0.248 e. The Balaban J connectivity index is 2.12. The standard InChI is InChI=1S/C15H21N5O3/c1-5-16-15(17-9-14-18-10(2)20-23-14)19-11-6-7-12(21-3)13(8-11)22-4/h6-8H,5,9H2,1-4H3,(H2,16,17,19). The number of benzene rings is 1. The summed E-state index contributed by atoms with van der Waals surface area (Å²) in [5, 5.41) is 10.1. The maximum Gasteiger partial charge on any atom is 0.248 e. The minimum atomic E-state index is 0.295. The highest BCUT2D eigenvalue weighted by Gasteiger charge is 2.07. The van der Waals surface area contributed by atoms with Gasteiger partial charge in [0, 0.05) is 18.3 Å². The van der Waals surface area contributed by atoms with Crippen LogP contribution in [0.1, 0.15) is 18.6 Å². The van der Waals surface area contributed by atoms with Crippen molar-refractivity contribution in [3.63, 3.8) is 0 Å². The lowest BCUT2D eigenvalue weighted by atomic mass is 10.3. The van der Waals surface area contributed by atoms with E-state index in [1.807, 2.05) is 25.1 Å². The first kappa shape index (κ1) is 16.6. The second-order valence-electron chi connectivity index (χ2n) is 4.63. The number of guanidine groups is 1. The lowest BCUT2D eigenvalue weighted by Gasteiger charge is -2.13. The molecule has 0 aliphatic rings. The molecule has 8 heteroatoms. The fraction of sp³-hybridized carbons (Fsp3) is 0.400.